The van der Waals surface area contributed by atoms with E-state index in [4.69, 9.17) is 4.74 Å². The molecule has 2 aliphatic rings. The van der Waals surface area contributed by atoms with E-state index < -0.39 is 6.10 Å². The largest absolute Gasteiger partial charge is 0.476 e. The predicted octanol–water partition coefficient (Wildman–Crippen LogP) is 2.03. The molecule has 96 valence electrons. The highest BCUT2D eigenvalue weighted by molar-refractivity contribution is 6.00. The van der Waals surface area contributed by atoms with Gasteiger partial charge in [0.2, 0.25) is 0 Å². The fraction of sp³-hybridized carbons (Fsp3) is 0.500. The van der Waals surface area contributed by atoms with Crippen LogP contribution >= 0.6 is 0 Å². The van der Waals surface area contributed by atoms with Gasteiger partial charge in [-0.25, -0.2) is 0 Å². The van der Waals surface area contributed by atoms with Crippen LogP contribution in [0.1, 0.15) is 19.8 Å². The van der Waals surface area contributed by atoms with Crippen molar-refractivity contribution in [3.8, 4) is 5.75 Å². The van der Waals surface area contributed by atoms with E-state index >= 15 is 0 Å². The van der Waals surface area contributed by atoms with Crippen molar-refractivity contribution >= 4 is 17.3 Å². The fourth-order valence-corrected chi connectivity index (χ4v) is 2.72. The number of anilines is 2. The summed E-state index contributed by atoms with van der Waals surface area (Å²) in [6.45, 7) is 3.96. The van der Waals surface area contributed by atoms with Gasteiger partial charge in [0.1, 0.15) is 0 Å². The van der Waals surface area contributed by atoms with Gasteiger partial charge in [-0.05, 0) is 31.9 Å². The highest BCUT2D eigenvalue weighted by Crippen LogP contribution is 2.42. The maximum atomic E-state index is 11.9. The summed E-state index contributed by atoms with van der Waals surface area (Å²) in [6, 6.07) is 6.02. The monoisotopic (exact) mass is 246 g/mol. The third kappa shape index (κ3) is 1.64. The Morgan fingerprint density at radius 3 is 2.61 bits per heavy atom. The number of hydrogen-bond donors (Lipinski definition) is 0. The van der Waals surface area contributed by atoms with Crippen molar-refractivity contribution < 1.29 is 9.53 Å². The molecule has 0 aliphatic carbocycles. The van der Waals surface area contributed by atoms with Gasteiger partial charge in [-0.3, -0.25) is 4.79 Å². The van der Waals surface area contributed by atoms with E-state index in [1.807, 2.05) is 26.1 Å². The molecular weight excluding hydrogens is 228 g/mol. The molecule has 0 aromatic heterocycles. The van der Waals surface area contributed by atoms with Crippen LogP contribution in [0.15, 0.2) is 18.2 Å². The molecule has 1 amide bonds. The Balaban J connectivity index is 2.05. The van der Waals surface area contributed by atoms with E-state index in [1.54, 1.807) is 4.90 Å². The molecule has 0 spiro atoms. The van der Waals surface area contributed by atoms with Crippen LogP contribution in [0.2, 0.25) is 0 Å². The van der Waals surface area contributed by atoms with Gasteiger partial charge in [0.25, 0.3) is 5.91 Å². The minimum atomic E-state index is -0.397. The van der Waals surface area contributed by atoms with Gasteiger partial charge in [-0.15, -0.1) is 0 Å². The molecular formula is C14H18N2O2. The lowest BCUT2D eigenvalue weighted by atomic mass is 10.1. The SMILES string of the molecule is CC1Oc2c(N3CCCC3)cccc2N(C)C1=O. The van der Waals surface area contributed by atoms with Crippen molar-refractivity contribution in [3.05, 3.63) is 18.2 Å². The van der Waals surface area contributed by atoms with Crippen molar-refractivity contribution in [3.63, 3.8) is 0 Å². The normalized spacial score (nSPS) is 23.0. The molecule has 1 saturated heterocycles. The van der Waals surface area contributed by atoms with E-state index in [9.17, 15) is 4.79 Å². The summed E-state index contributed by atoms with van der Waals surface area (Å²) in [5, 5.41) is 0. The molecule has 0 radical (unpaired) electrons. The second kappa shape index (κ2) is 4.19. The Kier molecular flexibility index (Phi) is 2.65. The van der Waals surface area contributed by atoms with Crippen molar-refractivity contribution in [1.82, 2.24) is 0 Å². The highest BCUT2D eigenvalue weighted by Gasteiger charge is 2.31. The smallest absolute Gasteiger partial charge is 0.267 e. The van der Waals surface area contributed by atoms with Crippen LogP contribution in [0.4, 0.5) is 11.4 Å². The number of carbonyl (C=O) groups excluding carboxylic acids is 1. The number of hydrogen-bond acceptors (Lipinski definition) is 3. The molecule has 0 N–H and O–H groups in total. The number of likely N-dealkylation sites (N-methyl/N-ethyl adjacent to an activating group) is 1. The van der Waals surface area contributed by atoms with E-state index in [1.165, 1.54) is 12.8 Å². The topological polar surface area (TPSA) is 32.8 Å². The quantitative estimate of drug-likeness (QED) is 0.760. The van der Waals surface area contributed by atoms with Gasteiger partial charge in [0.05, 0.1) is 11.4 Å². The van der Waals surface area contributed by atoms with Crippen molar-refractivity contribution in [2.24, 2.45) is 0 Å². The summed E-state index contributed by atoms with van der Waals surface area (Å²) in [5.74, 6) is 0.870. The molecule has 2 aliphatic heterocycles. The Hall–Kier alpha value is -1.71. The number of amides is 1. The average Bonchev–Trinajstić information content (AvgIpc) is 2.89. The summed E-state index contributed by atoms with van der Waals surface area (Å²) in [4.78, 5) is 15.9. The standard InChI is InChI=1S/C14H18N2O2/c1-10-14(17)15(2)11-6-5-7-12(13(11)18-10)16-8-3-4-9-16/h5-7,10H,3-4,8-9H2,1-2H3. The van der Waals surface area contributed by atoms with Crippen molar-refractivity contribution in [1.29, 1.82) is 0 Å². The first-order valence-electron chi connectivity index (χ1n) is 6.50. The fourth-order valence-electron chi connectivity index (χ4n) is 2.72. The number of benzene rings is 1. The minimum absolute atomic E-state index is 0.0149. The molecule has 1 fully saturated rings. The first-order chi connectivity index (χ1) is 8.68. The lowest BCUT2D eigenvalue weighted by Gasteiger charge is -2.33. The van der Waals surface area contributed by atoms with Gasteiger partial charge >= 0.3 is 0 Å². The molecule has 18 heavy (non-hydrogen) atoms. The van der Waals surface area contributed by atoms with Crippen LogP contribution in [-0.2, 0) is 4.79 Å². The van der Waals surface area contributed by atoms with Crippen molar-refractivity contribution in [2.45, 2.75) is 25.9 Å². The Morgan fingerprint density at radius 2 is 1.89 bits per heavy atom. The van der Waals surface area contributed by atoms with Crippen LogP contribution in [0.5, 0.6) is 5.75 Å². The number of fused-ring (bicyclic) bond motifs is 1. The lowest BCUT2D eigenvalue weighted by Crippen LogP contribution is -2.42. The van der Waals surface area contributed by atoms with Gasteiger partial charge in [-0.1, -0.05) is 6.07 Å². The molecule has 0 saturated carbocycles. The van der Waals surface area contributed by atoms with Crippen LogP contribution in [-0.4, -0.2) is 32.1 Å². The number of para-hydroxylation sites is 1. The Bertz CT molecular complexity index is 481. The number of carbonyl (C=O) groups is 1. The van der Waals surface area contributed by atoms with E-state index in [0.717, 1.165) is 30.2 Å². The molecule has 1 aromatic carbocycles. The van der Waals surface area contributed by atoms with Gasteiger partial charge in [0.15, 0.2) is 11.9 Å². The summed E-state index contributed by atoms with van der Waals surface area (Å²) in [5.41, 5.74) is 2.00. The maximum Gasteiger partial charge on any atom is 0.267 e. The maximum absolute atomic E-state index is 11.9. The highest BCUT2D eigenvalue weighted by atomic mass is 16.5. The Morgan fingerprint density at radius 1 is 1.22 bits per heavy atom. The van der Waals surface area contributed by atoms with Gasteiger partial charge in [0, 0.05) is 20.1 Å². The third-order valence-corrected chi connectivity index (χ3v) is 3.75. The first-order valence-corrected chi connectivity index (χ1v) is 6.50. The summed E-state index contributed by atoms with van der Waals surface area (Å²) >= 11 is 0. The molecule has 4 heteroatoms. The van der Waals surface area contributed by atoms with Crippen molar-refractivity contribution in [2.75, 3.05) is 29.9 Å². The van der Waals surface area contributed by atoms with Crippen LogP contribution in [0, 0.1) is 0 Å². The van der Waals surface area contributed by atoms with E-state index in [-0.39, 0.29) is 5.91 Å². The Labute approximate surface area is 107 Å². The van der Waals surface area contributed by atoms with Crippen LogP contribution < -0.4 is 14.5 Å². The first kappa shape index (κ1) is 11.4. The van der Waals surface area contributed by atoms with Gasteiger partial charge < -0.3 is 14.5 Å². The summed E-state index contributed by atoms with van der Waals surface area (Å²) in [6.07, 6.45) is 2.06. The zero-order chi connectivity index (χ0) is 12.7. The molecule has 1 aromatic rings. The molecule has 4 nitrogen and oxygen atoms in total. The van der Waals surface area contributed by atoms with Crippen LogP contribution in [0.25, 0.3) is 0 Å². The van der Waals surface area contributed by atoms with Gasteiger partial charge in [-0.2, -0.15) is 0 Å². The number of ether oxygens (including phenoxy) is 1. The molecule has 1 atom stereocenters. The van der Waals surface area contributed by atoms with Crippen LogP contribution in [0.3, 0.4) is 0 Å². The average molecular weight is 246 g/mol. The minimum Gasteiger partial charge on any atom is -0.476 e. The number of nitrogens with zero attached hydrogens (tertiary/aromatic N) is 2. The lowest BCUT2D eigenvalue weighted by molar-refractivity contribution is -0.125. The predicted molar refractivity (Wildman–Crippen MR) is 71.4 cm³/mol. The molecule has 1 unspecified atom stereocenters. The number of rotatable bonds is 1. The second-order valence-electron chi connectivity index (χ2n) is 4.98. The molecule has 2 heterocycles. The molecule has 0 bridgehead atoms. The molecule has 3 rings (SSSR count). The summed E-state index contributed by atoms with van der Waals surface area (Å²) < 4.78 is 5.83. The zero-order valence-electron chi connectivity index (χ0n) is 10.8. The summed E-state index contributed by atoms with van der Waals surface area (Å²) in [7, 11) is 1.81. The zero-order valence-corrected chi connectivity index (χ0v) is 10.8. The van der Waals surface area contributed by atoms with E-state index in [0.29, 0.717) is 0 Å². The second-order valence-corrected chi connectivity index (χ2v) is 4.98. The van der Waals surface area contributed by atoms with E-state index in [2.05, 4.69) is 11.0 Å². The third-order valence-electron chi connectivity index (χ3n) is 3.75.